The van der Waals surface area contributed by atoms with E-state index in [1.54, 1.807) is 19.9 Å². The van der Waals surface area contributed by atoms with Gasteiger partial charge in [-0.1, -0.05) is 12.1 Å². The number of aromatic nitrogens is 2. The lowest BCUT2D eigenvalue weighted by atomic mass is 10.1. The van der Waals surface area contributed by atoms with Gasteiger partial charge in [0.1, 0.15) is 11.8 Å². The Bertz CT molecular complexity index is 905. The minimum absolute atomic E-state index is 0.00940. The molecule has 3 unspecified atom stereocenters. The monoisotopic (exact) mass is 384 g/mol. The Hall–Kier alpha value is -2.83. The molecule has 0 bridgehead atoms. The van der Waals surface area contributed by atoms with Gasteiger partial charge in [-0.2, -0.15) is 5.10 Å². The van der Waals surface area contributed by atoms with E-state index in [0.717, 1.165) is 17.0 Å². The average molecular weight is 384 g/mol. The zero-order chi connectivity index (χ0) is 20.6. The molecule has 0 radical (unpaired) electrons. The Balaban J connectivity index is 1.72. The Labute approximate surface area is 165 Å². The summed E-state index contributed by atoms with van der Waals surface area (Å²) in [6.45, 7) is 11.9. The number of anilines is 1. The molecule has 2 aromatic rings. The third-order valence-corrected chi connectivity index (χ3v) is 5.46. The van der Waals surface area contributed by atoms with Gasteiger partial charge in [-0.3, -0.25) is 19.2 Å². The molecule has 0 spiro atoms. The molecule has 150 valence electrons. The lowest BCUT2D eigenvalue weighted by Crippen LogP contribution is -2.54. The molecule has 1 N–H and O–H groups in total. The van der Waals surface area contributed by atoms with Gasteiger partial charge in [0.2, 0.25) is 5.91 Å². The molecule has 1 aromatic carbocycles. The van der Waals surface area contributed by atoms with Gasteiger partial charge >= 0.3 is 0 Å². The molecule has 1 aliphatic rings. The van der Waals surface area contributed by atoms with Crippen LogP contribution in [-0.2, 0) is 9.59 Å². The topological polar surface area (TPSA) is 76.5 Å². The van der Waals surface area contributed by atoms with E-state index in [0.29, 0.717) is 18.0 Å². The van der Waals surface area contributed by atoms with Gasteiger partial charge in [-0.15, -0.1) is 0 Å². The SMILES string of the molecule is Cc1nn(C(C)CNC(=O)C(C)N2C(=O)C(C)Oc3ccccc32)c(C)c1C. The number of carbonyl (C=O) groups excluding carboxylic acids is 2. The molecule has 2 heterocycles. The van der Waals surface area contributed by atoms with Crippen LogP contribution in [0.25, 0.3) is 0 Å². The van der Waals surface area contributed by atoms with Crippen molar-refractivity contribution in [2.24, 2.45) is 0 Å². The van der Waals surface area contributed by atoms with Crippen LogP contribution >= 0.6 is 0 Å². The highest BCUT2D eigenvalue weighted by Crippen LogP contribution is 2.35. The number of ether oxygens (including phenoxy) is 1. The van der Waals surface area contributed by atoms with Crippen LogP contribution in [0.4, 0.5) is 5.69 Å². The molecule has 3 rings (SSSR count). The van der Waals surface area contributed by atoms with E-state index < -0.39 is 12.1 Å². The predicted octanol–water partition coefficient (Wildman–Crippen LogP) is 2.69. The molecule has 7 heteroatoms. The van der Waals surface area contributed by atoms with Crippen molar-refractivity contribution < 1.29 is 14.3 Å². The number of benzene rings is 1. The summed E-state index contributed by atoms with van der Waals surface area (Å²) in [6, 6.07) is 6.65. The number of fused-ring (bicyclic) bond motifs is 1. The molecule has 28 heavy (non-hydrogen) atoms. The van der Waals surface area contributed by atoms with Crippen molar-refractivity contribution in [1.29, 1.82) is 0 Å². The third-order valence-electron chi connectivity index (χ3n) is 5.46. The Kier molecular flexibility index (Phi) is 5.45. The lowest BCUT2D eigenvalue weighted by Gasteiger charge is -2.36. The summed E-state index contributed by atoms with van der Waals surface area (Å²) in [5.41, 5.74) is 3.87. The summed E-state index contributed by atoms with van der Waals surface area (Å²) >= 11 is 0. The molecular formula is C21H28N4O3. The highest BCUT2D eigenvalue weighted by Gasteiger charge is 2.37. The first-order valence-corrected chi connectivity index (χ1v) is 9.61. The number of nitrogens with zero attached hydrogens (tertiary/aromatic N) is 3. The zero-order valence-corrected chi connectivity index (χ0v) is 17.3. The van der Waals surface area contributed by atoms with Crippen molar-refractivity contribution in [1.82, 2.24) is 15.1 Å². The number of hydrogen-bond acceptors (Lipinski definition) is 4. The molecule has 0 saturated carbocycles. The molecule has 3 atom stereocenters. The maximum atomic E-state index is 12.8. The normalized spacial score (nSPS) is 18.3. The minimum Gasteiger partial charge on any atom is -0.479 e. The number of amides is 2. The fraction of sp³-hybridized carbons (Fsp3) is 0.476. The van der Waals surface area contributed by atoms with Gasteiger partial charge < -0.3 is 10.1 Å². The molecule has 0 saturated heterocycles. The van der Waals surface area contributed by atoms with E-state index in [9.17, 15) is 9.59 Å². The van der Waals surface area contributed by atoms with Crippen LogP contribution in [0.3, 0.4) is 0 Å². The van der Waals surface area contributed by atoms with Gasteiger partial charge in [0, 0.05) is 12.2 Å². The van der Waals surface area contributed by atoms with Crippen molar-refractivity contribution in [3.63, 3.8) is 0 Å². The summed E-state index contributed by atoms with van der Waals surface area (Å²) in [6.07, 6.45) is -0.623. The van der Waals surface area contributed by atoms with E-state index >= 15 is 0 Å². The van der Waals surface area contributed by atoms with E-state index in [1.165, 1.54) is 4.90 Å². The first kappa shape index (κ1) is 19.9. The number of carbonyl (C=O) groups is 2. The van der Waals surface area contributed by atoms with Gasteiger partial charge in [-0.25, -0.2) is 0 Å². The Morgan fingerprint density at radius 1 is 1.25 bits per heavy atom. The van der Waals surface area contributed by atoms with E-state index in [2.05, 4.69) is 10.4 Å². The molecule has 2 amide bonds. The van der Waals surface area contributed by atoms with Crippen molar-refractivity contribution in [3.8, 4) is 5.75 Å². The second-order valence-electron chi connectivity index (χ2n) is 7.45. The molecular weight excluding hydrogens is 356 g/mol. The molecule has 1 aromatic heterocycles. The standard InChI is InChI=1S/C21H28N4O3/c1-12(25-15(4)13(2)14(3)23-25)11-22-20(26)16(5)24-18-9-7-8-10-19(18)28-17(6)21(24)27/h7-10,12,16-17H,11H2,1-6H3,(H,22,26). The van der Waals surface area contributed by atoms with Crippen LogP contribution in [0.1, 0.15) is 43.8 Å². The molecule has 1 aliphatic heterocycles. The number of hydrogen-bond donors (Lipinski definition) is 1. The van der Waals surface area contributed by atoms with Crippen LogP contribution in [0.15, 0.2) is 24.3 Å². The summed E-state index contributed by atoms with van der Waals surface area (Å²) < 4.78 is 7.59. The smallest absolute Gasteiger partial charge is 0.268 e. The highest BCUT2D eigenvalue weighted by molar-refractivity contribution is 6.05. The minimum atomic E-state index is -0.644. The average Bonchev–Trinajstić information content (AvgIpc) is 2.93. The summed E-state index contributed by atoms with van der Waals surface area (Å²) in [4.78, 5) is 27.0. The maximum Gasteiger partial charge on any atom is 0.268 e. The first-order chi connectivity index (χ1) is 13.2. The second kappa shape index (κ2) is 7.66. The van der Waals surface area contributed by atoms with Crippen LogP contribution < -0.4 is 15.0 Å². The largest absolute Gasteiger partial charge is 0.479 e. The maximum absolute atomic E-state index is 12.8. The Morgan fingerprint density at radius 2 is 1.93 bits per heavy atom. The van der Waals surface area contributed by atoms with Crippen LogP contribution in [0.5, 0.6) is 5.75 Å². The molecule has 7 nitrogen and oxygen atoms in total. The van der Waals surface area contributed by atoms with Crippen molar-refractivity contribution in [3.05, 3.63) is 41.2 Å². The van der Waals surface area contributed by atoms with Gasteiger partial charge in [0.05, 0.1) is 17.4 Å². The Morgan fingerprint density at radius 3 is 2.57 bits per heavy atom. The second-order valence-corrected chi connectivity index (χ2v) is 7.45. The van der Waals surface area contributed by atoms with Crippen LogP contribution in [0, 0.1) is 20.8 Å². The summed E-state index contributed by atoms with van der Waals surface area (Å²) in [5, 5.41) is 7.52. The van der Waals surface area contributed by atoms with Gasteiger partial charge in [0.15, 0.2) is 6.10 Å². The third kappa shape index (κ3) is 3.48. The van der Waals surface area contributed by atoms with Crippen LogP contribution in [0.2, 0.25) is 0 Å². The molecule has 0 aliphatic carbocycles. The molecule has 0 fully saturated rings. The fourth-order valence-electron chi connectivity index (χ4n) is 3.48. The number of para-hydroxylation sites is 2. The fourth-order valence-corrected chi connectivity index (χ4v) is 3.48. The van der Waals surface area contributed by atoms with Crippen molar-refractivity contribution in [2.75, 3.05) is 11.4 Å². The van der Waals surface area contributed by atoms with E-state index in [4.69, 9.17) is 4.74 Å². The predicted molar refractivity (Wildman–Crippen MR) is 108 cm³/mol. The number of rotatable bonds is 5. The van der Waals surface area contributed by atoms with Gasteiger partial charge in [0.25, 0.3) is 5.91 Å². The first-order valence-electron chi connectivity index (χ1n) is 9.61. The number of aryl methyl sites for hydroxylation is 1. The van der Waals surface area contributed by atoms with Crippen molar-refractivity contribution in [2.45, 2.75) is 59.7 Å². The highest BCUT2D eigenvalue weighted by atomic mass is 16.5. The quantitative estimate of drug-likeness (QED) is 0.860. The van der Waals surface area contributed by atoms with Crippen molar-refractivity contribution >= 4 is 17.5 Å². The van der Waals surface area contributed by atoms with Gasteiger partial charge in [-0.05, 0) is 59.2 Å². The van der Waals surface area contributed by atoms with E-state index in [-0.39, 0.29) is 17.9 Å². The number of nitrogens with one attached hydrogen (secondary N) is 1. The van der Waals surface area contributed by atoms with E-state index in [1.807, 2.05) is 50.6 Å². The zero-order valence-electron chi connectivity index (χ0n) is 17.3. The lowest BCUT2D eigenvalue weighted by molar-refractivity contribution is -0.130. The van der Waals surface area contributed by atoms with Crippen LogP contribution in [-0.4, -0.2) is 40.3 Å². The summed E-state index contributed by atoms with van der Waals surface area (Å²) in [7, 11) is 0. The summed E-state index contributed by atoms with van der Waals surface area (Å²) in [5.74, 6) is 0.187.